The van der Waals surface area contributed by atoms with Gasteiger partial charge in [-0.25, -0.2) is 13.4 Å². The summed E-state index contributed by atoms with van der Waals surface area (Å²) in [4.78, 5) is 9.08. The highest BCUT2D eigenvalue weighted by Gasteiger charge is 2.30. The molecule has 0 radical (unpaired) electrons. The Kier molecular flexibility index (Phi) is 7.71. The normalized spacial score (nSPS) is 23.3. The number of piperidine rings is 1. The fraction of sp³-hybridized carbons (Fsp3) is 0.500. The van der Waals surface area contributed by atoms with E-state index in [1.54, 1.807) is 12.1 Å². The smallest absolute Gasteiger partial charge is 0.243 e. The van der Waals surface area contributed by atoms with Crippen molar-refractivity contribution in [2.75, 3.05) is 36.8 Å². The van der Waals surface area contributed by atoms with E-state index in [-0.39, 0.29) is 12.1 Å². The third-order valence-electron chi connectivity index (χ3n) is 7.42. The Balaban J connectivity index is 1.20. The van der Waals surface area contributed by atoms with Crippen molar-refractivity contribution in [1.82, 2.24) is 19.6 Å². The maximum atomic E-state index is 13.2. The average Bonchev–Trinajstić information content (AvgIpc) is 3.34. The first-order valence-corrected chi connectivity index (χ1v) is 14.4. The fourth-order valence-electron chi connectivity index (χ4n) is 5.23. The Hall–Kier alpha value is -3.04. The molecule has 196 valence electrons. The van der Waals surface area contributed by atoms with E-state index in [1.807, 2.05) is 12.1 Å². The molecule has 0 bridgehead atoms. The maximum Gasteiger partial charge on any atom is 0.243 e. The summed E-state index contributed by atoms with van der Waals surface area (Å²) in [6.45, 7) is 2.57. The molecule has 0 unspecified atom stereocenters. The average molecular weight is 524 g/mol. The zero-order chi connectivity index (χ0) is 25.8. The van der Waals surface area contributed by atoms with Crippen LogP contribution in [0.3, 0.4) is 0 Å². The molecule has 0 amide bonds. The van der Waals surface area contributed by atoms with E-state index in [2.05, 4.69) is 38.1 Å². The molecule has 1 saturated carbocycles. The predicted octanol–water partition coefficient (Wildman–Crippen LogP) is 2.32. The van der Waals surface area contributed by atoms with Crippen molar-refractivity contribution in [3.8, 4) is 6.07 Å². The molecule has 2 aromatic rings. The molecule has 1 aromatic carbocycles. The molecule has 2 fully saturated rings. The summed E-state index contributed by atoms with van der Waals surface area (Å²) in [6.07, 6.45) is 7.83. The van der Waals surface area contributed by atoms with Crippen LogP contribution in [0.15, 0.2) is 41.4 Å². The topological polar surface area (TPSA) is 143 Å². The number of hydrogen-bond donors (Lipinski definition) is 4. The summed E-state index contributed by atoms with van der Waals surface area (Å²) in [7, 11) is -3.57. The van der Waals surface area contributed by atoms with E-state index < -0.39 is 16.1 Å². The van der Waals surface area contributed by atoms with Crippen molar-refractivity contribution < 1.29 is 13.5 Å². The van der Waals surface area contributed by atoms with Crippen LogP contribution in [-0.4, -0.2) is 72.2 Å². The highest BCUT2D eigenvalue weighted by atomic mass is 32.2. The van der Waals surface area contributed by atoms with Crippen molar-refractivity contribution in [2.45, 2.75) is 61.6 Å². The third kappa shape index (κ3) is 5.78. The molecule has 4 N–H and O–H groups in total. The van der Waals surface area contributed by atoms with Crippen LogP contribution in [0.1, 0.15) is 49.7 Å². The van der Waals surface area contributed by atoms with Crippen LogP contribution in [-0.2, 0) is 10.0 Å². The quantitative estimate of drug-likeness (QED) is 0.430. The van der Waals surface area contributed by atoms with Crippen LogP contribution in [0.4, 0.5) is 11.8 Å². The van der Waals surface area contributed by atoms with Crippen molar-refractivity contribution in [2.24, 2.45) is 0 Å². The van der Waals surface area contributed by atoms with Gasteiger partial charge in [0.15, 0.2) is 0 Å². The molecule has 2 atom stereocenters. The minimum Gasteiger partial charge on any atom is -0.391 e. The predicted molar refractivity (Wildman–Crippen MR) is 141 cm³/mol. The summed E-state index contributed by atoms with van der Waals surface area (Å²) in [6, 6.07) is 9.19. The molecule has 10 nitrogen and oxygen atoms in total. The number of anilines is 2. The van der Waals surface area contributed by atoms with E-state index in [0.29, 0.717) is 48.2 Å². The maximum absolute atomic E-state index is 13.2. The number of sulfonamides is 1. The second kappa shape index (κ2) is 11.1. The van der Waals surface area contributed by atoms with Gasteiger partial charge in [0.25, 0.3) is 0 Å². The second-order valence-electron chi connectivity index (χ2n) is 9.85. The Morgan fingerprint density at radius 3 is 2.54 bits per heavy atom. The minimum atomic E-state index is -3.57. The van der Waals surface area contributed by atoms with Gasteiger partial charge in [0.1, 0.15) is 17.5 Å². The molecule has 3 aliphatic rings. The summed E-state index contributed by atoms with van der Waals surface area (Å²) < 4.78 is 28.0. The number of aliphatic hydroxyl groups is 1. The number of aliphatic hydroxyl groups excluding tert-OH is 1. The van der Waals surface area contributed by atoms with E-state index in [9.17, 15) is 18.8 Å². The molecule has 2 aliphatic heterocycles. The first-order valence-electron chi connectivity index (χ1n) is 12.9. The molecular formula is C26H33N7O3S. The number of nitrogens with zero attached hydrogens (tertiary/aromatic N) is 4. The summed E-state index contributed by atoms with van der Waals surface area (Å²) in [5, 5.41) is 29.3. The first kappa shape index (κ1) is 25.6. The van der Waals surface area contributed by atoms with E-state index in [4.69, 9.17) is 0 Å². The second-order valence-corrected chi connectivity index (χ2v) is 11.8. The Bertz CT molecular complexity index is 1280. The van der Waals surface area contributed by atoms with Crippen LogP contribution in [0.5, 0.6) is 0 Å². The van der Waals surface area contributed by atoms with Crippen LogP contribution >= 0.6 is 0 Å². The zero-order valence-corrected chi connectivity index (χ0v) is 21.5. The summed E-state index contributed by atoms with van der Waals surface area (Å²) >= 11 is 0. The fourth-order valence-corrected chi connectivity index (χ4v) is 6.70. The largest absolute Gasteiger partial charge is 0.391 e. The van der Waals surface area contributed by atoms with Gasteiger partial charge >= 0.3 is 0 Å². The molecule has 0 spiro atoms. The monoisotopic (exact) mass is 523 g/mol. The van der Waals surface area contributed by atoms with Crippen molar-refractivity contribution in [3.05, 3.63) is 47.7 Å². The lowest BCUT2D eigenvalue weighted by atomic mass is 10.0. The van der Waals surface area contributed by atoms with Crippen LogP contribution in [0.25, 0.3) is 5.57 Å². The van der Waals surface area contributed by atoms with Crippen molar-refractivity contribution >= 4 is 27.4 Å². The number of nitriles is 1. The van der Waals surface area contributed by atoms with Crippen LogP contribution in [0.2, 0.25) is 0 Å². The SMILES string of the molecule is N#Cc1cnc(NC2CCN(S(=O)(=O)c3ccc(C4=CCNCC4)cc3)CC2)nc1N[C@@H]1CCC[C@H]1O. The molecule has 1 aliphatic carbocycles. The summed E-state index contributed by atoms with van der Waals surface area (Å²) in [5.74, 6) is 0.799. The van der Waals surface area contributed by atoms with Gasteiger partial charge in [0, 0.05) is 25.7 Å². The van der Waals surface area contributed by atoms with Gasteiger partial charge in [-0.05, 0) is 68.3 Å². The molecular weight excluding hydrogens is 490 g/mol. The Morgan fingerprint density at radius 2 is 1.89 bits per heavy atom. The molecule has 37 heavy (non-hydrogen) atoms. The third-order valence-corrected chi connectivity index (χ3v) is 9.34. The van der Waals surface area contributed by atoms with Crippen LogP contribution in [0, 0.1) is 11.3 Å². The highest BCUT2D eigenvalue weighted by Crippen LogP contribution is 2.27. The molecule has 1 saturated heterocycles. The van der Waals surface area contributed by atoms with Gasteiger partial charge < -0.3 is 21.1 Å². The Labute approximate surface area is 217 Å². The van der Waals surface area contributed by atoms with Gasteiger partial charge in [0.2, 0.25) is 16.0 Å². The van der Waals surface area contributed by atoms with Crippen molar-refractivity contribution in [3.63, 3.8) is 0 Å². The van der Waals surface area contributed by atoms with E-state index in [0.717, 1.165) is 44.3 Å². The van der Waals surface area contributed by atoms with Crippen molar-refractivity contribution in [1.29, 1.82) is 5.26 Å². The van der Waals surface area contributed by atoms with Gasteiger partial charge in [-0.2, -0.15) is 14.6 Å². The lowest BCUT2D eigenvalue weighted by molar-refractivity contribution is 0.171. The molecule has 3 heterocycles. The molecule has 11 heteroatoms. The minimum absolute atomic E-state index is 0.0125. The number of rotatable bonds is 7. The number of hydrogen-bond acceptors (Lipinski definition) is 9. The van der Waals surface area contributed by atoms with Gasteiger partial charge in [-0.1, -0.05) is 18.2 Å². The Morgan fingerprint density at radius 1 is 1.11 bits per heavy atom. The highest BCUT2D eigenvalue weighted by molar-refractivity contribution is 7.89. The lowest BCUT2D eigenvalue weighted by Crippen LogP contribution is -2.42. The van der Waals surface area contributed by atoms with Crippen LogP contribution < -0.4 is 16.0 Å². The molecule has 1 aromatic heterocycles. The lowest BCUT2D eigenvalue weighted by Gasteiger charge is -2.31. The number of nitrogens with one attached hydrogen (secondary N) is 3. The first-order chi connectivity index (χ1) is 17.9. The zero-order valence-electron chi connectivity index (χ0n) is 20.7. The van der Waals surface area contributed by atoms with E-state index >= 15 is 0 Å². The number of benzene rings is 1. The molecule has 5 rings (SSSR count). The van der Waals surface area contributed by atoms with Gasteiger partial charge in [-0.3, -0.25) is 0 Å². The summed E-state index contributed by atoms with van der Waals surface area (Å²) in [5.41, 5.74) is 2.65. The van der Waals surface area contributed by atoms with E-state index in [1.165, 1.54) is 16.1 Å². The van der Waals surface area contributed by atoms with Gasteiger partial charge in [-0.15, -0.1) is 0 Å². The standard InChI is InChI=1S/C26H33N7O3S/c27-16-20-17-29-26(32-25(20)31-23-2-1-3-24(23)34)30-21-10-14-33(15-11-21)37(35,36)22-6-4-18(5-7-22)19-8-12-28-13-9-19/h4-8,17,21,23-24,28,34H,1-3,9-15H2,(H2,29,30,31,32)/t23-,24-/m1/s1. The number of aromatic nitrogens is 2. The van der Waals surface area contributed by atoms with Gasteiger partial charge in [0.05, 0.1) is 23.2 Å².